The van der Waals surface area contributed by atoms with E-state index in [2.05, 4.69) is 20.7 Å². The zero-order valence-corrected chi connectivity index (χ0v) is 18.9. The zero-order chi connectivity index (χ0) is 23.5. The molecule has 0 saturated heterocycles. The van der Waals surface area contributed by atoms with E-state index >= 15 is 0 Å². The van der Waals surface area contributed by atoms with Gasteiger partial charge >= 0.3 is 0 Å². The van der Waals surface area contributed by atoms with E-state index in [0.29, 0.717) is 16.9 Å². The van der Waals surface area contributed by atoms with E-state index in [-0.39, 0.29) is 22.8 Å². The topological polar surface area (TPSA) is 133 Å². The third-order valence-corrected chi connectivity index (χ3v) is 6.44. The Morgan fingerprint density at radius 3 is 2.25 bits per heavy atom. The van der Waals surface area contributed by atoms with Crippen LogP contribution in [0.4, 0.5) is 11.4 Å². The van der Waals surface area contributed by atoms with E-state index in [1.807, 2.05) is 0 Å². The molecule has 1 aliphatic rings. The van der Waals surface area contributed by atoms with Crippen LogP contribution in [0, 0.1) is 6.92 Å². The maximum atomic E-state index is 12.6. The van der Waals surface area contributed by atoms with Crippen LogP contribution in [0.2, 0.25) is 0 Å². The fourth-order valence-corrected chi connectivity index (χ4v) is 4.11. The van der Waals surface area contributed by atoms with Crippen LogP contribution in [0.15, 0.2) is 47.4 Å². The van der Waals surface area contributed by atoms with Gasteiger partial charge in [0.15, 0.2) is 0 Å². The number of anilines is 2. The van der Waals surface area contributed by atoms with Gasteiger partial charge < -0.3 is 16.0 Å². The van der Waals surface area contributed by atoms with Gasteiger partial charge in [-0.2, -0.15) is 4.72 Å². The number of aryl methyl sites for hydroxylation is 1. The number of benzene rings is 2. The maximum absolute atomic E-state index is 12.6. The molecule has 1 atom stereocenters. The van der Waals surface area contributed by atoms with Crippen LogP contribution >= 0.6 is 0 Å². The highest BCUT2D eigenvalue weighted by molar-refractivity contribution is 7.89. The van der Waals surface area contributed by atoms with Gasteiger partial charge in [-0.3, -0.25) is 14.4 Å². The molecule has 3 amide bonds. The normalized spacial score (nSPS) is 14.3. The summed E-state index contributed by atoms with van der Waals surface area (Å²) in [5.41, 5.74) is 2.06. The van der Waals surface area contributed by atoms with Crippen LogP contribution in [-0.2, 0) is 19.6 Å². The first kappa shape index (κ1) is 23.4. The average molecular weight is 459 g/mol. The highest BCUT2D eigenvalue weighted by atomic mass is 32.2. The predicted molar refractivity (Wildman–Crippen MR) is 121 cm³/mol. The summed E-state index contributed by atoms with van der Waals surface area (Å²) in [7, 11) is -3.97. The smallest absolute Gasteiger partial charge is 0.251 e. The van der Waals surface area contributed by atoms with Crippen molar-refractivity contribution in [2.75, 3.05) is 10.6 Å². The number of nitrogens with one attached hydrogen (secondary N) is 4. The van der Waals surface area contributed by atoms with E-state index in [0.717, 1.165) is 18.4 Å². The molecule has 32 heavy (non-hydrogen) atoms. The first-order valence-corrected chi connectivity index (χ1v) is 11.7. The van der Waals surface area contributed by atoms with Crippen molar-refractivity contribution in [3.8, 4) is 0 Å². The van der Waals surface area contributed by atoms with Gasteiger partial charge in [-0.25, -0.2) is 8.42 Å². The van der Waals surface area contributed by atoms with Crippen LogP contribution in [0.3, 0.4) is 0 Å². The number of carbonyl (C=O) groups is 3. The van der Waals surface area contributed by atoms with E-state index < -0.39 is 22.0 Å². The zero-order valence-electron chi connectivity index (χ0n) is 18.1. The van der Waals surface area contributed by atoms with Crippen LogP contribution in [0.25, 0.3) is 0 Å². The molecular formula is C22H26N4O5S. The second-order valence-corrected chi connectivity index (χ2v) is 9.53. The number of sulfonamides is 1. The minimum Gasteiger partial charge on any atom is -0.349 e. The molecule has 0 unspecified atom stereocenters. The van der Waals surface area contributed by atoms with Crippen molar-refractivity contribution in [2.45, 2.75) is 50.6 Å². The molecular weight excluding hydrogens is 432 g/mol. The molecule has 0 aliphatic heterocycles. The van der Waals surface area contributed by atoms with Gasteiger partial charge in [0.2, 0.25) is 21.8 Å². The summed E-state index contributed by atoms with van der Waals surface area (Å²) in [6.45, 7) is 4.56. The average Bonchev–Trinajstić information content (AvgIpc) is 3.53. The van der Waals surface area contributed by atoms with Gasteiger partial charge in [-0.15, -0.1) is 0 Å². The van der Waals surface area contributed by atoms with Crippen molar-refractivity contribution in [1.29, 1.82) is 0 Å². The molecule has 2 aromatic carbocycles. The fourth-order valence-electron chi connectivity index (χ4n) is 2.91. The van der Waals surface area contributed by atoms with Crippen molar-refractivity contribution in [3.63, 3.8) is 0 Å². The highest BCUT2D eigenvalue weighted by Crippen LogP contribution is 2.22. The lowest BCUT2D eigenvalue weighted by Crippen LogP contribution is -2.41. The monoisotopic (exact) mass is 458 g/mol. The lowest BCUT2D eigenvalue weighted by molar-refractivity contribution is -0.117. The number of amides is 3. The Morgan fingerprint density at radius 2 is 1.66 bits per heavy atom. The van der Waals surface area contributed by atoms with Crippen molar-refractivity contribution < 1.29 is 22.8 Å². The SMILES string of the molecule is CC(=O)Nc1ccc(S(=O)(=O)N[C@@H](C)C(=O)Nc2cc(C(=O)NC3CC3)ccc2C)cc1. The lowest BCUT2D eigenvalue weighted by atomic mass is 10.1. The summed E-state index contributed by atoms with van der Waals surface area (Å²) in [6.07, 6.45) is 1.93. The molecule has 2 aromatic rings. The molecule has 1 aliphatic carbocycles. The van der Waals surface area contributed by atoms with Crippen LogP contribution in [-0.4, -0.2) is 38.2 Å². The summed E-state index contributed by atoms with van der Waals surface area (Å²) in [4.78, 5) is 35.9. The Balaban J connectivity index is 1.66. The minimum absolute atomic E-state index is 0.0406. The van der Waals surface area contributed by atoms with E-state index in [9.17, 15) is 22.8 Å². The van der Waals surface area contributed by atoms with Crippen molar-refractivity contribution >= 4 is 39.1 Å². The second kappa shape index (κ2) is 9.49. The molecule has 3 rings (SSSR count). The molecule has 4 N–H and O–H groups in total. The minimum atomic E-state index is -3.97. The molecule has 10 heteroatoms. The standard InChI is InChI=1S/C22H26N4O5S/c1-13-4-5-16(22(29)24-18-6-7-18)12-20(13)25-21(28)14(2)26-32(30,31)19-10-8-17(9-11-19)23-15(3)27/h4-5,8-12,14,18,26H,6-7H2,1-3H3,(H,23,27)(H,24,29)(H,25,28)/t14-/m0/s1. The lowest BCUT2D eigenvalue weighted by Gasteiger charge is -2.16. The van der Waals surface area contributed by atoms with Gasteiger partial charge in [-0.05, 0) is 68.7 Å². The third-order valence-electron chi connectivity index (χ3n) is 4.88. The number of hydrogen-bond donors (Lipinski definition) is 4. The number of carbonyl (C=O) groups excluding carboxylic acids is 3. The van der Waals surface area contributed by atoms with Gasteiger partial charge in [0.25, 0.3) is 5.91 Å². The maximum Gasteiger partial charge on any atom is 0.251 e. The van der Waals surface area contributed by atoms with Crippen molar-refractivity contribution in [3.05, 3.63) is 53.6 Å². The summed E-state index contributed by atoms with van der Waals surface area (Å²) in [6, 6.07) is 9.72. The van der Waals surface area contributed by atoms with Crippen molar-refractivity contribution in [1.82, 2.24) is 10.0 Å². The second-order valence-electron chi connectivity index (χ2n) is 7.82. The molecule has 1 fully saturated rings. The van der Waals surface area contributed by atoms with E-state index in [1.54, 1.807) is 25.1 Å². The molecule has 9 nitrogen and oxygen atoms in total. The first-order chi connectivity index (χ1) is 15.0. The van der Waals surface area contributed by atoms with E-state index in [1.165, 1.54) is 38.1 Å². The van der Waals surface area contributed by atoms with Gasteiger partial charge in [0.05, 0.1) is 10.9 Å². The van der Waals surface area contributed by atoms with Crippen LogP contribution < -0.4 is 20.7 Å². The van der Waals surface area contributed by atoms with Gasteiger partial charge in [0.1, 0.15) is 0 Å². The van der Waals surface area contributed by atoms with Crippen LogP contribution in [0.1, 0.15) is 42.6 Å². The predicted octanol–water partition coefficient (Wildman–Crippen LogP) is 2.15. The Hall–Kier alpha value is -3.24. The van der Waals surface area contributed by atoms with Gasteiger partial charge in [0, 0.05) is 29.9 Å². The molecule has 0 aromatic heterocycles. The molecule has 1 saturated carbocycles. The first-order valence-electron chi connectivity index (χ1n) is 10.2. The van der Waals surface area contributed by atoms with Crippen molar-refractivity contribution in [2.24, 2.45) is 0 Å². The molecule has 0 radical (unpaired) electrons. The third kappa shape index (κ3) is 6.14. The highest BCUT2D eigenvalue weighted by Gasteiger charge is 2.25. The van der Waals surface area contributed by atoms with E-state index in [4.69, 9.17) is 0 Å². The quantitative estimate of drug-likeness (QED) is 0.481. The Bertz CT molecular complexity index is 1140. The molecule has 0 heterocycles. The summed E-state index contributed by atoms with van der Waals surface area (Å²) in [5.74, 6) is -1.04. The molecule has 0 bridgehead atoms. The largest absolute Gasteiger partial charge is 0.349 e. The Kier molecular flexibility index (Phi) is 6.95. The fraction of sp³-hybridized carbons (Fsp3) is 0.318. The van der Waals surface area contributed by atoms with Gasteiger partial charge in [-0.1, -0.05) is 6.07 Å². The summed E-state index contributed by atoms with van der Waals surface area (Å²) < 4.78 is 27.6. The van der Waals surface area contributed by atoms with Crippen LogP contribution in [0.5, 0.6) is 0 Å². The Morgan fingerprint density at radius 1 is 1.00 bits per heavy atom. The number of hydrogen-bond acceptors (Lipinski definition) is 5. The molecule has 0 spiro atoms. The summed E-state index contributed by atoms with van der Waals surface area (Å²) in [5, 5.41) is 8.13. The summed E-state index contributed by atoms with van der Waals surface area (Å²) >= 11 is 0. The Labute approximate surface area is 187 Å². The molecule has 170 valence electrons. The number of rotatable bonds is 8.